The van der Waals surface area contributed by atoms with E-state index in [2.05, 4.69) is 26.5 Å². The zero-order valence-corrected chi connectivity index (χ0v) is 8.25. The fraction of sp³-hybridized carbons (Fsp3) is 0.818. The Kier molecular flexibility index (Phi) is 3.80. The molecule has 1 heteroatoms. The van der Waals surface area contributed by atoms with Crippen LogP contribution in [0, 0.1) is 11.8 Å². The number of ether oxygens (including phenoxy) is 1. The molecule has 1 fully saturated rings. The van der Waals surface area contributed by atoms with Crippen molar-refractivity contribution in [3.8, 4) is 0 Å². The van der Waals surface area contributed by atoms with Gasteiger partial charge in [-0.25, -0.2) is 0 Å². The van der Waals surface area contributed by atoms with Crippen molar-refractivity contribution in [1.29, 1.82) is 0 Å². The Balaban J connectivity index is 2.52. The van der Waals surface area contributed by atoms with Gasteiger partial charge in [0.15, 0.2) is 0 Å². The molecule has 1 aliphatic heterocycles. The lowest BCUT2D eigenvalue weighted by Crippen LogP contribution is -2.24. The van der Waals surface area contributed by atoms with Gasteiger partial charge >= 0.3 is 0 Å². The second-order valence-corrected chi connectivity index (χ2v) is 3.60. The SMILES string of the molecule is C=CC(CC)[C@@H]1OCC[C@H]1CC. The lowest BCUT2D eigenvalue weighted by molar-refractivity contribution is 0.0555. The van der Waals surface area contributed by atoms with E-state index >= 15 is 0 Å². The first-order valence-corrected chi connectivity index (χ1v) is 5.07. The average molecular weight is 168 g/mol. The van der Waals surface area contributed by atoms with E-state index in [1.54, 1.807) is 0 Å². The molecule has 0 aliphatic carbocycles. The van der Waals surface area contributed by atoms with Crippen molar-refractivity contribution < 1.29 is 4.74 Å². The third kappa shape index (κ3) is 1.89. The molecule has 0 aromatic carbocycles. The summed E-state index contributed by atoms with van der Waals surface area (Å²) in [5.41, 5.74) is 0. The van der Waals surface area contributed by atoms with Crippen molar-refractivity contribution in [2.75, 3.05) is 6.61 Å². The average Bonchev–Trinajstić information content (AvgIpc) is 2.55. The van der Waals surface area contributed by atoms with Crippen molar-refractivity contribution in [2.45, 2.75) is 39.2 Å². The molecule has 1 saturated heterocycles. The minimum atomic E-state index is 0.456. The third-order valence-electron chi connectivity index (χ3n) is 2.98. The maximum Gasteiger partial charge on any atom is 0.0666 e. The Morgan fingerprint density at radius 3 is 2.83 bits per heavy atom. The van der Waals surface area contributed by atoms with Gasteiger partial charge in [0.05, 0.1) is 6.10 Å². The number of hydrogen-bond acceptors (Lipinski definition) is 1. The molecule has 0 aromatic rings. The fourth-order valence-corrected chi connectivity index (χ4v) is 2.10. The molecule has 0 aromatic heterocycles. The zero-order chi connectivity index (χ0) is 8.97. The normalized spacial score (nSPS) is 31.8. The van der Waals surface area contributed by atoms with E-state index in [9.17, 15) is 0 Å². The molecule has 0 N–H and O–H groups in total. The highest BCUT2D eigenvalue weighted by molar-refractivity contribution is 4.90. The van der Waals surface area contributed by atoms with Crippen LogP contribution in [0.2, 0.25) is 0 Å². The van der Waals surface area contributed by atoms with Crippen LogP contribution in [0.1, 0.15) is 33.1 Å². The molecule has 0 bridgehead atoms. The maximum absolute atomic E-state index is 5.73. The Morgan fingerprint density at radius 2 is 2.33 bits per heavy atom. The summed E-state index contributed by atoms with van der Waals surface area (Å²) in [6.45, 7) is 9.28. The third-order valence-corrected chi connectivity index (χ3v) is 2.98. The Hall–Kier alpha value is -0.300. The standard InChI is InChI=1S/C11H20O/c1-4-9(5-2)11-10(6-3)7-8-12-11/h4,9-11H,1,5-8H2,2-3H3/t9?,10-,11+/m1/s1. The quantitative estimate of drug-likeness (QED) is 0.586. The predicted octanol–water partition coefficient (Wildman–Crippen LogP) is 3.01. The first-order chi connectivity index (χ1) is 5.83. The van der Waals surface area contributed by atoms with E-state index in [4.69, 9.17) is 4.74 Å². The Morgan fingerprint density at radius 1 is 1.58 bits per heavy atom. The number of hydrogen-bond donors (Lipinski definition) is 0. The summed E-state index contributed by atoms with van der Waals surface area (Å²) in [6, 6.07) is 0. The fourth-order valence-electron chi connectivity index (χ4n) is 2.10. The van der Waals surface area contributed by atoms with Crippen LogP contribution >= 0.6 is 0 Å². The molecule has 1 nitrogen and oxygen atoms in total. The molecular formula is C11H20O. The van der Waals surface area contributed by atoms with E-state index in [1.807, 2.05) is 0 Å². The highest BCUT2D eigenvalue weighted by Gasteiger charge is 2.30. The van der Waals surface area contributed by atoms with Crippen molar-refractivity contribution in [3.05, 3.63) is 12.7 Å². The molecule has 0 spiro atoms. The summed E-state index contributed by atoms with van der Waals surface area (Å²) in [4.78, 5) is 0. The second kappa shape index (κ2) is 4.66. The molecule has 0 amide bonds. The van der Waals surface area contributed by atoms with Crippen LogP contribution in [0.3, 0.4) is 0 Å². The summed E-state index contributed by atoms with van der Waals surface area (Å²) < 4.78 is 5.73. The van der Waals surface area contributed by atoms with Crippen LogP contribution in [-0.4, -0.2) is 12.7 Å². The van der Waals surface area contributed by atoms with Crippen LogP contribution in [0.5, 0.6) is 0 Å². The largest absolute Gasteiger partial charge is 0.377 e. The van der Waals surface area contributed by atoms with E-state index < -0.39 is 0 Å². The van der Waals surface area contributed by atoms with Crippen molar-refractivity contribution >= 4 is 0 Å². The van der Waals surface area contributed by atoms with E-state index in [0.717, 1.165) is 18.9 Å². The van der Waals surface area contributed by atoms with E-state index in [1.165, 1.54) is 12.8 Å². The molecule has 3 atom stereocenters. The van der Waals surface area contributed by atoms with Gasteiger partial charge in [0.2, 0.25) is 0 Å². The van der Waals surface area contributed by atoms with Crippen LogP contribution in [0.15, 0.2) is 12.7 Å². The van der Waals surface area contributed by atoms with E-state index in [0.29, 0.717) is 12.0 Å². The predicted molar refractivity (Wildman–Crippen MR) is 52.1 cm³/mol. The summed E-state index contributed by atoms with van der Waals surface area (Å²) in [6.07, 6.45) is 6.15. The molecule has 12 heavy (non-hydrogen) atoms. The van der Waals surface area contributed by atoms with Crippen molar-refractivity contribution in [3.63, 3.8) is 0 Å². The van der Waals surface area contributed by atoms with Gasteiger partial charge < -0.3 is 4.74 Å². The minimum Gasteiger partial charge on any atom is -0.377 e. The summed E-state index contributed by atoms with van der Waals surface area (Å²) in [7, 11) is 0. The van der Waals surface area contributed by atoms with Crippen LogP contribution in [0.25, 0.3) is 0 Å². The zero-order valence-electron chi connectivity index (χ0n) is 8.25. The molecule has 1 heterocycles. The van der Waals surface area contributed by atoms with Gasteiger partial charge in [-0.3, -0.25) is 0 Å². The van der Waals surface area contributed by atoms with Gasteiger partial charge in [0.25, 0.3) is 0 Å². The molecule has 0 radical (unpaired) electrons. The molecule has 1 rings (SSSR count). The Labute approximate surface area is 75.8 Å². The Bertz CT molecular complexity index is 142. The molecule has 1 aliphatic rings. The van der Waals surface area contributed by atoms with Crippen molar-refractivity contribution in [1.82, 2.24) is 0 Å². The first kappa shape index (κ1) is 9.79. The van der Waals surface area contributed by atoms with Crippen LogP contribution < -0.4 is 0 Å². The van der Waals surface area contributed by atoms with Crippen LogP contribution in [-0.2, 0) is 4.74 Å². The summed E-state index contributed by atoms with van der Waals surface area (Å²) in [5, 5.41) is 0. The minimum absolute atomic E-state index is 0.456. The van der Waals surface area contributed by atoms with Gasteiger partial charge in [-0.15, -0.1) is 6.58 Å². The summed E-state index contributed by atoms with van der Waals surface area (Å²) >= 11 is 0. The van der Waals surface area contributed by atoms with Gasteiger partial charge in [-0.05, 0) is 18.8 Å². The summed E-state index contributed by atoms with van der Waals surface area (Å²) in [5.74, 6) is 1.34. The molecule has 0 saturated carbocycles. The first-order valence-electron chi connectivity index (χ1n) is 5.07. The van der Waals surface area contributed by atoms with E-state index in [-0.39, 0.29) is 0 Å². The maximum atomic E-state index is 5.73. The van der Waals surface area contributed by atoms with Crippen LogP contribution in [0.4, 0.5) is 0 Å². The molecule has 70 valence electrons. The smallest absolute Gasteiger partial charge is 0.0666 e. The monoisotopic (exact) mass is 168 g/mol. The lowest BCUT2D eigenvalue weighted by Gasteiger charge is -2.23. The molecular weight excluding hydrogens is 148 g/mol. The van der Waals surface area contributed by atoms with Crippen molar-refractivity contribution in [2.24, 2.45) is 11.8 Å². The topological polar surface area (TPSA) is 9.23 Å². The number of rotatable bonds is 4. The van der Waals surface area contributed by atoms with Gasteiger partial charge in [-0.1, -0.05) is 26.3 Å². The molecule has 1 unspecified atom stereocenters. The van der Waals surface area contributed by atoms with Gasteiger partial charge in [0, 0.05) is 12.5 Å². The van der Waals surface area contributed by atoms with Gasteiger partial charge in [-0.2, -0.15) is 0 Å². The highest BCUT2D eigenvalue weighted by Crippen LogP contribution is 2.31. The lowest BCUT2D eigenvalue weighted by atomic mass is 9.87. The van der Waals surface area contributed by atoms with Gasteiger partial charge in [0.1, 0.15) is 0 Å². The second-order valence-electron chi connectivity index (χ2n) is 3.60. The highest BCUT2D eigenvalue weighted by atomic mass is 16.5.